The molecule has 2 heterocycles. The van der Waals surface area contributed by atoms with Crippen LogP contribution < -0.4 is 4.74 Å². The van der Waals surface area contributed by atoms with Gasteiger partial charge in [-0.25, -0.2) is 12.8 Å². The fourth-order valence-electron chi connectivity index (χ4n) is 4.28. The molecule has 0 saturated heterocycles. The molecule has 0 bridgehead atoms. The molecule has 0 amide bonds. The molecule has 1 aliphatic heterocycles. The zero-order chi connectivity index (χ0) is 25.1. The van der Waals surface area contributed by atoms with Gasteiger partial charge in [-0.05, 0) is 30.3 Å². The average molecular weight is 506 g/mol. The van der Waals surface area contributed by atoms with E-state index in [1.807, 2.05) is 24.3 Å². The number of nitrogens with zero attached hydrogens (tertiary/aromatic N) is 3. The van der Waals surface area contributed by atoms with Gasteiger partial charge in [0.25, 0.3) is 0 Å². The molecule has 1 aliphatic rings. The van der Waals surface area contributed by atoms with Gasteiger partial charge in [-0.3, -0.25) is 4.98 Å². The lowest BCUT2D eigenvalue weighted by Gasteiger charge is -2.25. The Hall–Kier alpha value is -3.82. The van der Waals surface area contributed by atoms with Gasteiger partial charge < -0.3 is 9.57 Å². The van der Waals surface area contributed by atoms with Gasteiger partial charge in [0.2, 0.25) is 10.0 Å². The summed E-state index contributed by atoms with van der Waals surface area (Å²) in [5.74, 6) is 0.171. The molecule has 5 rings (SSSR count). The molecule has 1 aromatic heterocycles. The van der Waals surface area contributed by atoms with Gasteiger partial charge in [-0.2, -0.15) is 4.31 Å². The van der Waals surface area contributed by atoms with Crippen LogP contribution in [-0.2, 0) is 21.4 Å². The number of aromatic nitrogens is 1. The van der Waals surface area contributed by atoms with Gasteiger partial charge in [0, 0.05) is 35.7 Å². The second-order valence-electron chi connectivity index (χ2n) is 8.39. The van der Waals surface area contributed by atoms with Crippen LogP contribution in [0.1, 0.15) is 17.5 Å². The molecule has 0 saturated carbocycles. The summed E-state index contributed by atoms with van der Waals surface area (Å²) in [5, 5.41) is 4.90. The molecule has 0 fully saturated rings. The molecule has 9 heteroatoms. The Bertz CT molecular complexity index is 1540. The van der Waals surface area contributed by atoms with Gasteiger partial charge >= 0.3 is 0 Å². The van der Waals surface area contributed by atoms with Crippen molar-refractivity contribution in [2.75, 3.05) is 13.7 Å². The minimum absolute atomic E-state index is 0.0258. The van der Waals surface area contributed by atoms with Crippen molar-refractivity contribution in [1.82, 2.24) is 9.29 Å². The first-order valence-electron chi connectivity index (χ1n) is 11.4. The van der Waals surface area contributed by atoms with Crippen LogP contribution in [0.4, 0.5) is 4.39 Å². The predicted octanol–water partition coefficient (Wildman–Crippen LogP) is 4.77. The standard InChI is InChI=1S/C27H24FN3O4S/c1-34-25-13-5-3-11-22(25)24-16-21(35-30-24)18-31(17-20-8-2-4-12-23(20)28)36(32,33)26-14-6-9-19-10-7-15-29-27(19)26/h2-15,21H,16-18H2,1H3. The average Bonchev–Trinajstić information content (AvgIpc) is 3.37. The van der Waals surface area contributed by atoms with E-state index in [-0.39, 0.29) is 23.5 Å². The van der Waals surface area contributed by atoms with Crippen LogP contribution in [0.3, 0.4) is 0 Å². The number of hydrogen-bond acceptors (Lipinski definition) is 6. The number of halogens is 1. The second-order valence-corrected chi connectivity index (χ2v) is 10.3. The number of rotatable bonds is 8. The van der Waals surface area contributed by atoms with Gasteiger partial charge in [-0.1, -0.05) is 53.7 Å². The van der Waals surface area contributed by atoms with E-state index in [2.05, 4.69) is 10.1 Å². The van der Waals surface area contributed by atoms with Crippen LogP contribution in [0.5, 0.6) is 5.75 Å². The zero-order valence-electron chi connectivity index (χ0n) is 19.5. The van der Waals surface area contributed by atoms with Crippen LogP contribution in [-0.4, -0.2) is 43.2 Å². The lowest BCUT2D eigenvalue weighted by Crippen LogP contribution is -2.37. The van der Waals surface area contributed by atoms with Gasteiger partial charge in [-0.15, -0.1) is 0 Å². The van der Waals surface area contributed by atoms with Crippen LogP contribution >= 0.6 is 0 Å². The van der Waals surface area contributed by atoms with Crippen LogP contribution in [0, 0.1) is 5.82 Å². The fraction of sp³-hybridized carbons (Fsp3) is 0.185. The predicted molar refractivity (Wildman–Crippen MR) is 135 cm³/mol. The Morgan fingerprint density at radius 2 is 1.81 bits per heavy atom. The molecular weight excluding hydrogens is 481 g/mol. The number of hydrogen-bond donors (Lipinski definition) is 0. The monoisotopic (exact) mass is 505 g/mol. The van der Waals surface area contributed by atoms with Crippen LogP contribution in [0.25, 0.3) is 10.9 Å². The summed E-state index contributed by atoms with van der Waals surface area (Å²) in [5.41, 5.74) is 2.06. The van der Waals surface area contributed by atoms with Crippen molar-refractivity contribution in [3.05, 3.63) is 102 Å². The van der Waals surface area contributed by atoms with Crippen LogP contribution in [0.15, 0.2) is 95.1 Å². The number of fused-ring (bicyclic) bond motifs is 1. The van der Waals surface area contributed by atoms with E-state index in [1.54, 1.807) is 55.8 Å². The van der Waals surface area contributed by atoms with E-state index in [1.165, 1.54) is 16.4 Å². The number of pyridine rings is 1. The highest BCUT2D eigenvalue weighted by Gasteiger charge is 2.33. The highest BCUT2D eigenvalue weighted by Crippen LogP contribution is 2.29. The Kier molecular flexibility index (Phi) is 6.67. The summed E-state index contributed by atoms with van der Waals surface area (Å²) < 4.78 is 49.1. The number of sulfonamides is 1. The molecule has 1 unspecified atom stereocenters. The van der Waals surface area contributed by atoms with E-state index >= 15 is 0 Å². The molecule has 36 heavy (non-hydrogen) atoms. The lowest BCUT2D eigenvalue weighted by atomic mass is 10.0. The van der Waals surface area contributed by atoms with Crippen molar-refractivity contribution in [3.63, 3.8) is 0 Å². The summed E-state index contributed by atoms with van der Waals surface area (Å²) in [4.78, 5) is 10.0. The summed E-state index contributed by atoms with van der Waals surface area (Å²) in [6, 6.07) is 22.1. The maximum absolute atomic E-state index is 14.6. The van der Waals surface area contributed by atoms with Crippen molar-refractivity contribution < 1.29 is 22.4 Å². The molecule has 4 aromatic rings. The van der Waals surface area contributed by atoms with E-state index in [9.17, 15) is 12.8 Å². The zero-order valence-corrected chi connectivity index (χ0v) is 20.4. The highest BCUT2D eigenvalue weighted by molar-refractivity contribution is 7.89. The maximum Gasteiger partial charge on any atom is 0.245 e. The smallest absolute Gasteiger partial charge is 0.245 e. The third-order valence-corrected chi connectivity index (χ3v) is 7.92. The van der Waals surface area contributed by atoms with Crippen molar-refractivity contribution in [2.24, 2.45) is 5.16 Å². The second kappa shape index (κ2) is 10.0. The van der Waals surface area contributed by atoms with Crippen molar-refractivity contribution in [3.8, 4) is 5.75 Å². The molecule has 184 valence electrons. The summed E-state index contributed by atoms with van der Waals surface area (Å²) in [6.45, 7) is -0.190. The van der Waals surface area contributed by atoms with Crippen molar-refractivity contribution in [2.45, 2.75) is 24.0 Å². The first-order chi connectivity index (χ1) is 17.5. The van der Waals surface area contributed by atoms with Crippen molar-refractivity contribution >= 4 is 26.6 Å². The number of ether oxygens (including phenoxy) is 1. The number of methoxy groups -OCH3 is 1. The first-order valence-corrected chi connectivity index (χ1v) is 12.8. The molecule has 0 N–H and O–H groups in total. The first kappa shape index (κ1) is 23.9. The van der Waals surface area contributed by atoms with Gasteiger partial charge in [0.05, 0.1) is 24.9 Å². The molecule has 3 aromatic carbocycles. The maximum atomic E-state index is 14.6. The SMILES string of the molecule is COc1ccccc1C1=NOC(CN(Cc2ccccc2F)S(=O)(=O)c2cccc3cccnc23)C1. The fourth-order valence-corrected chi connectivity index (χ4v) is 5.90. The topological polar surface area (TPSA) is 81.1 Å². The molecule has 7 nitrogen and oxygen atoms in total. The van der Waals surface area contributed by atoms with Crippen LogP contribution in [0.2, 0.25) is 0 Å². The normalized spacial score (nSPS) is 15.6. The Labute approximate surface area is 208 Å². The quantitative estimate of drug-likeness (QED) is 0.345. The number of para-hydroxylation sites is 2. The molecular formula is C27H24FN3O4S. The molecule has 0 aliphatic carbocycles. The van der Waals surface area contributed by atoms with E-state index in [0.29, 0.717) is 28.8 Å². The van der Waals surface area contributed by atoms with E-state index in [0.717, 1.165) is 5.56 Å². The number of benzene rings is 3. The third kappa shape index (κ3) is 4.67. The highest BCUT2D eigenvalue weighted by atomic mass is 32.2. The summed E-state index contributed by atoms with van der Waals surface area (Å²) in [7, 11) is -2.50. The summed E-state index contributed by atoms with van der Waals surface area (Å²) in [6.07, 6.45) is 1.36. The number of oxime groups is 1. The van der Waals surface area contributed by atoms with Gasteiger partial charge in [0.15, 0.2) is 0 Å². The third-order valence-electron chi connectivity index (χ3n) is 6.08. The largest absolute Gasteiger partial charge is 0.496 e. The summed E-state index contributed by atoms with van der Waals surface area (Å²) >= 11 is 0. The van der Waals surface area contributed by atoms with Gasteiger partial charge in [0.1, 0.15) is 22.6 Å². The molecule has 1 atom stereocenters. The minimum atomic E-state index is -4.08. The van der Waals surface area contributed by atoms with Crippen molar-refractivity contribution in [1.29, 1.82) is 0 Å². The Morgan fingerprint density at radius 1 is 1.03 bits per heavy atom. The molecule has 0 spiro atoms. The Morgan fingerprint density at radius 3 is 2.64 bits per heavy atom. The van der Waals surface area contributed by atoms with E-state index < -0.39 is 21.9 Å². The lowest BCUT2D eigenvalue weighted by molar-refractivity contribution is 0.0692. The minimum Gasteiger partial charge on any atom is -0.496 e. The molecule has 0 radical (unpaired) electrons. The van der Waals surface area contributed by atoms with E-state index in [4.69, 9.17) is 9.57 Å². The Balaban J connectivity index is 1.47.